The van der Waals surface area contributed by atoms with Crippen LogP contribution in [0.4, 0.5) is 0 Å². The number of aliphatic hydroxyl groups excluding tert-OH is 1. The predicted octanol–water partition coefficient (Wildman–Crippen LogP) is 3.38. The Kier molecular flexibility index (Phi) is 4.36. The van der Waals surface area contributed by atoms with Gasteiger partial charge in [0.1, 0.15) is 29.9 Å². The Morgan fingerprint density at radius 1 is 1.21 bits per heavy atom. The fourth-order valence-electron chi connectivity index (χ4n) is 4.24. The molecule has 0 bridgehead atoms. The zero-order chi connectivity index (χ0) is 20.0. The van der Waals surface area contributed by atoms with Crippen LogP contribution in [0.2, 0.25) is 0 Å². The van der Waals surface area contributed by atoms with Crippen LogP contribution in [-0.4, -0.2) is 27.4 Å². The van der Waals surface area contributed by atoms with Crippen molar-refractivity contribution in [2.45, 2.75) is 38.8 Å². The molecule has 1 aliphatic carbocycles. The first-order chi connectivity index (χ1) is 14.1. The molecule has 0 radical (unpaired) electrons. The number of aliphatic hydroxyl groups is 1. The number of ether oxygens (including phenoxy) is 1. The van der Waals surface area contributed by atoms with Gasteiger partial charge in [0.15, 0.2) is 0 Å². The molecule has 0 aliphatic heterocycles. The number of hydrogen-bond donors (Lipinski definition) is 1. The van der Waals surface area contributed by atoms with Gasteiger partial charge in [0, 0.05) is 17.0 Å². The second kappa shape index (κ2) is 7.04. The zero-order valence-corrected chi connectivity index (χ0v) is 16.2. The van der Waals surface area contributed by atoms with Gasteiger partial charge in [-0.3, -0.25) is 0 Å². The molecule has 0 amide bonds. The Labute approximate surface area is 167 Å². The van der Waals surface area contributed by atoms with E-state index in [1.54, 1.807) is 6.07 Å². The van der Waals surface area contributed by atoms with Gasteiger partial charge < -0.3 is 18.8 Å². The average molecular weight is 390 g/mol. The highest BCUT2D eigenvalue weighted by Gasteiger charge is 2.20. The Balaban J connectivity index is 1.33. The van der Waals surface area contributed by atoms with E-state index in [0.29, 0.717) is 17.9 Å². The average Bonchev–Trinajstić information content (AvgIpc) is 3.32. The minimum atomic E-state index is -0.700. The molecule has 1 atom stereocenters. The number of aromatic nitrogens is 2. The quantitative estimate of drug-likeness (QED) is 0.529. The van der Waals surface area contributed by atoms with Crippen molar-refractivity contribution in [3.05, 3.63) is 69.8 Å². The minimum absolute atomic E-state index is 0.132. The molecule has 1 N–H and O–H groups in total. The predicted molar refractivity (Wildman–Crippen MR) is 110 cm³/mol. The number of hydrogen-bond acceptors (Lipinski definition) is 5. The molecule has 0 saturated heterocycles. The standard InChI is InChI=1S/C23H22N2O4/c1-14-24-20-7-2-3-8-21(20)25(14)12-15(26)13-28-16-9-10-18-17-5-4-6-19(17)23(27)29-22(18)11-16/h2-3,7-11,15,26H,4-6,12-13H2,1H3/t15-/m1/s1. The van der Waals surface area contributed by atoms with E-state index in [4.69, 9.17) is 9.15 Å². The highest BCUT2D eigenvalue weighted by Crippen LogP contribution is 2.29. The number of fused-ring (bicyclic) bond motifs is 4. The first kappa shape index (κ1) is 17.9. The summed E-state index contributed by atoms with van der Waals surface area (Å²) in [6.07, 6.45) is 2.00. The molecule has 29 heavy (non-hydrogen) atoms. The summed E-state index contributed by atoms with van der Waals surface area (Å²) in [5.41, 5.74) is 4.11. The van der Waals surface area contributed by atoms with Crippen molar-refractivity contribution in [2.75, 3.05) is 6.61 Å². The van der Waals surface area contributed by atoms with Crippen molar-refractivity contribution in [2.24, 2.45) is 0 Å². The number of aryl methyl sites for hydroxylation is 2. The lowest BCUT2D eigenvalue weighted by Crippen LogP contribution is -2.24. The lowest BCUT2D eigenvalue weighted by atomic mass is 10.1. The van der Waals surface area contributed by atoms with Crippen LogP contribution in [0, 0.1) is 6.92 Å². The second-order valence-electron chi connectivity index (χ2n) is 7.58. The molecular weight excluding hydrogens is 368 g/mol. The topological polar surface area (TPSA) is 77.5 Å². The van der Waals surface area contributed by atoms with E-state index in [-0.39, 0.29) is 12.2 Å². The third-order valence-electron chi connectivity index (χ3n) is 5.63. The van der Waals surface area contributed by atoms with Crippen LogP contribution in [0.5, 0.6) is 5.75 Å². The molecule has 2 aromatic heterocycles. The summed E-state index contributed by atoms with van der Waals surface area (Å²) in [6, 6.07) is 13.4. The van der Waals surface area contributed by atoms with Crippen LogP contribution in [0.1, 0.15) is 23.4 Å². The fourth-order valence-corrected chi connectivity index (χ4v) is 4.24. The van der Waals surface area contributed by atoms with Crippen molar-refractivity contribution in [3.63, 3.8) is 0 Å². The van der Waals surface area contributed by atoms with Gasteiger partial charge >= 0.3 is 5.63 Å². The van der Waals surface area contributed by atoms with E-state index in [0.717, 1.165) is 52.6 Å². The van der Waals surface area contributed by atoms with Gasteiger partial charge in [0.25, 0.3) is 0 Å². The van der Waals surface area contributed by atoms with Crippen molar-refractivity contribution < 1.29 is 14.3 Å². The molecule has 5 rings (SSSR count). The summed E-state index contributed by atoms with van der Waals surface area (Å²) in [5, 5.41) is 11.5. The third-order valence-corrected chi connectivity index (χ3v) is 5.63. The normalized spacial score (nSPS) is 14.4. The van der Waals surface area contributed by atoms with Gasteiger partial charge in [-0.25, -0.2) is 9.78 Å². The lowest BCUT2D eigenvalue weighted by Gasteiger charge is -2.15. The Hall–Kier alpha value is -3.12. The summed E-state index contributed by atoms with van der Waals surface area (Å²) < 4.78 is 13.3. The first-order valence-corrected chi connectivity index (χ1v) is 9.91. The van der Waals surface area contributed by atoms with Crippen molar-refractivity contribution in [3.8, 4) is 5.75 Å². The van der Waals surface area contributed by atoms with Crippen molar-refractivity contribution in [1.82, 2.24) is 9.55 Å². The van der Waals surface area contributed by atoms with E-state index in [2.05, 4.69) is 4.98 Å². The second-order valence-corrected chi connectivity index (χ2v) is 7.58. The summed E-state index contributed by atoms with van der Waals surface area (Å²) in [6.45, 7) is 2.45. The van der Waals surface area contributed by atoms with Crippen LogP contribution in [0.15, 0.2) is 51.7 Å². The van der Waals surface area contributed by atoms with Crippen LogP contribution in [-0.2, 0) is 19.4 Å². The van der Waals surface area contributed by atoms with Crippen molar-refractivity contribution >= 4 is 22.0 Å². The molecule has 0 spiro atoms. The molecule has 1 aliphatic rings. The van der Waals surface area contributed by atoms with Gasteiger partial charge in [-0.05, 0) is 56.0 Å². The van der Waals surface area contributed by atoms with E-state index in [1.165, 1.54) is 0 Å². The number of rotatable bonds is 5. The number of benzene rings is 2. The van der Waals surface area contributed by atoms with Gasteiger partial charge in [0.05, 0.1) is 17.6 Å². The van der Waals surface area contributed by atoms with Crippen LogP contribution < -0.4 is 10.4 Å². The Morgan fingerprint density at radius 2 is 2.03 bits per heavy atom. The molecule has 2 aromatic carbocycles. The van der Waals surface area contributed by atoms with Crippen LogP contribution >= 0.6 is 0 Å². The largest absolute Gasteiger partial charge is 0.491 e. The molecule has 6 heteroatoms. The highest BCUT2D eigenvalue weighted by atomic mass is 16.5. The number of nitrogens with zero attached hydrogens (tertiary/aromatic N) is 2. The van der Waals surface area contributed by atoms with E-state index < -0.39 is 6.10 Å². The van der Waals surface area contributed by atoms with Crippen LogP contribution in [0.3, 0.4) is 0 Å². The molecule has 0 fully saturated rings. The van der Waals surface area contributed by atoms with E-state index in [9.17, 15) is 9.90 Å². The SMILES string of the molecule is Cc1nc2ccccc2n1C[C@@H](O)COc1ccc2c3c(c(=O)oc2c1)CCC3. The summed E-state index contributed by atoms with van der Waals surface area (Å²) >= 11 is 0. The third kappa shape index (κ3) is 3.19. The highest BCUT2D eigenvalue weighted by molar-refractivity contribution is 5.83. The van der Waals surface area contributed by atoms with Gasteiger partial charge in [-0.1, -0.05) is 12.1 Å². The molecule has 0 unspecified atom stereocenters. The molecule has 148 valence electrons. The molecule has 2 heterocycles. The molecular formula is C23H22N2O4. The smallest absolute Gasteiger partial charge is 0.339 e. The molecule has 6 nitrogen and oxygen atoms in total. The zero-order valence-electron chi connectivity index (χ0n) is 16.2. The van der Waals surface area contributed by atoms with Gasteiger partial charge in [-0.15, -0.1) is 0 Å². The maximum atomic E-state index is 12.2. The van der Waals surface area contributed by atoms with E-state index in [1.807, 2.05) is 47.9 Å². The Morgan fingerprint density at radius 3 is 2.93 bits per heavy atom. The fraction of sp³-hybridized carbons (Fsp3) is 0.304. The number of para-hydroxylation sites is 2. The van der Waals surface area contributed by atoms with Gasteiger partial charge in [-0.2, -0.15) is 0 Å². The summed E-state index contributed by atoms with van der Waals surface area (Å²) in [7, 11) is 0. The van der Waals surface area contributed by atoms with Crippen LogP contribution in [0.25, 0.3) is 22.0 Å². The maximum Gasteiger partial charge on any atom is 0.339 e. The summed E-state index contributed by atoms with van der Waals surface area (Å²) in [5.74, 6) is 1.43. The molecule has 0 saturated carbocycles. The monoisotopic (exact) mass is 390 g/mol. The maximum absolute atomic E-state index is 12.2. The van der Waals surface area contributed by atoms with E-state index >= 15 is 0 Å². The van der Waals surface area contributed by atoms with Gasteiger partial charge in [0.2, 0.25) is 0 Å². The number of imidazole rings is 1. The van der Waals surface area contributed by atoms with Crippen molar-refractivity contribution in [1.29, 1.82) is 0 Å². The minimum Gasteiger partial charge on any atom is -0.491 e. The molecule has 4 aromatic rings. The summed E-state index contributed by atoms with van der Waals surface area (Å²) in [4.78, 5) is 16.7. The Bertz CT molecular complexity index is 1270. The first-order valence-electron chi connectivity index (χ1n) is 9.91. The lowest BCUT2D eigenvalue weighted by molar-refractivity contribution is 0.0929.